The Balaban J connectivity index is 2.42. The Morgan fingerprint density at radius 2 is 2.07 bits per heavy atom. The molecule has 0 saturated carbocycles. The Morgan fingerprint density at radius 3 is 2.73 bits per heavy atom. The van der Waals surface area contributed by atoms with Gasteiger partial charge in [-0.25, -0.2) is 0 Å². The van der Waals surface area contributed by atoms with E-state index < -0.39 is 11.7 Å². The van der Waals surface area contributed by atoms with Crippen molar-refractivity contribution in [2.45, 2.75) is 12.7 Å². The van der Waals surface area contributed by atoms with Gasteiger partial charge in [0.25, 0.3) is 0 Å². The highest BCUT2D eigenvalue weighted by molar-refractivity contribution is 6.13. The molecule has 0 atom stereocenters. The van der Waals surface area contributed by atoms with Crippen LogP contribution in [0.3, 0.4) is 0 Å². The molecular weight excluding hydrogens is 231 g/mol. The molecule has 80 valence electrons. The summed E-state index contributed by atoms with van der Waals surface area (Å²) in [6.45, 7) is 0.249. The van der Waals surface area contributed by atoms with Gasteiger partial charge in [0, 0.05) is 17.3 Å². The van der Waals surface area contributed by atoms with Crippen LogP contribution in [-0.2, 0) is 12.7 Å². The molecule has 2 rings (SSSR count). The molecule has 0 fully saturated rings. The molecule has 0 aliphatic carbocycles. The summed E-state index contributed by atoms with van der Waals surface area (Å²) >= 11 is 5.52. The number of alkyl halides is 3. The van der Waals surface area contributed by atoms with Gasteiger partial charge in [-0.15, -0.1) is 5.11 Å². The van der Waals surface area contributed by atoms with E-state index >= 15 is 0 Å². The average molecular weight is 236 g/mol. The summed E-state index contributed by atoms with van der Waals surface area (Å²) in [6, 6.07) is 3.32. The molecule has 0 bridgehead atoms. The van der Waals surface area contributed by atoms with Crippen molar-refractivity contribution in [1.82, 2.24) is 4.53 Å². The van der Waals surface area contributed by atoms with Crippen molar-refractivity contribution in [1.29, 1.82) is 0 Å². The highest BCUT2D eigenvalue weighted by atomic mass is 35.5. The minimum atomic E-state index is -4.36. The fourth-order valence-electron chi connectivity index (χ4n) is 1.24. The Bertz CT molecular complexity index is 416. The second-order valence-electron chi connectivity index (χ2n) is 3.03. The van der Waals surface area contributed by atoms with E-state index in [0.29, 0.717) is 5.56 Å². The van der Waals surface area contributed by atoms with Gasteiger partial charge in [0.05, 0.1) is 17.8 Å². The molecule has 1 heterocycles. The van der Waals surface area contributed by atoms with E-state index in [-0.39, 0.29) is 12.2 Å². The predicted molar refractivity (Wildman–Crippen MR) is 47.4 cm³/mol. The van der Waals surface area contributed by atoms with Crippen LogP contribution in [0.15, 0.2) is 28.5 Å². The lowest BCUT2D eigenvalue weighted by Gasteiger charge is -2.16. The molecule has 1 aliphatic heterocycles. The topological polar surface area (TPSA) is 28.0 Å². The standard InChI is InChI=1S/C8H5ClF3N3/c9-15-4-5-1-2-6(8(10,11)12)3-7(5)13-14-15/h1-3H,4H2. The summed E-state index contributed by atoms with van der Waals surface area (Å²) in [6.07, 6.45) is -4.36. The van der Waals surface area contributed by atoms with Crippen molar-refractivity contribution >= 4 is 17.5 Å². The van der Waals surface area contributed by atoms with Crippen LogP contribution in [0, 0.1) is 0 Å². The quantitative estimate of drug-likeness (QED) is 0.631. The summed E-state index contributed by atoms with van der Waals surface area (Å²) < 4.78 is 38.0. The third kappa shape index (κ3) is 2.04. The predicted octanol–water partition coefficient (Wildman–Crippen LogP) is 3.67. The molecule has 0 N–H and O–H groups in total. The molecule has 0 saturated heterocycles. The van der Waals surface area contributed by atoms with E-state index in [0.717, 1.165) is 16.7 Å². The van der Waals surface area contributed by atoms with Crippen LogP contribution < -0.4 is 0 Å². The van der Waals surface area contributed by atoms with Gasteiger partial charge in [-0.05, 0) is 12.1 Å². The SMILES string of the molecule is FC(F)(F)c1ccc2c(c1)N=NN(Cl)C2. The monoisotopic (exact) mass is 235 g/mol. The first-order chi connectivity index (χ1) is 6.97. The first-order valence-corrected chi connectivity index (χ1v) is 4.36. The maximum Gasteiger partial charge on any atom is 0.416 e. The summed E-state index contributed by atoms with van der Waals surface area (Å²) in [5.41, 5.74) is 0.0953. The number of rotatable bonds is 0. The van der Waals surface area contributed by atoms with E-state index in [1.54, 1.807) is 0 Å². The third-order valence-corrected chi connectivity index (χ3v) is 2.15. The highest BCUT2D eigenvalue weighted by Crippen LogP contribution is 2.35. The lowest BCUT2D eigenvalue weighted by atomic mass is 10.1. The van der Waals surface area contributed by atoms with Crippen molar-refractivity contribution in [2.24, 2.45) is 10.3 Å². The van der Waals surface area contributed by atoms with E-state index in [4.69, 9.17) is 11.8 Å². The molecule has 1 aliphatic rings. The van der Waals surface area contributed by atoms with Gasteiger partial charge in [0.15, 0.2) is 0 Å². The van der Waals surface area contributed by atoms with Crippen molar-refractivity contribution in [3.63, 3.8) is 0 Å². The molecule has 0 amide bonds. The van der Waals surface area contributed by atoms with Gasteiger partial charge in [-0.3, -0.25) is 0 Å². The zero-order valence-electron chi connectivity index (χ0n) is 7.29. The molecule has 0 unspecified atom stereocenters. The van der Waals surface area contributed by atoms with Crippen molar-refractivity contribution < 1.29 is 13.2 Å². The summed E-state index contributed by atoms with van der Waals surface area (Å²) in [4.78, 5) is 0. The van der Waals surface area contributed by atoms with E-state index in [2.05, 4.69) is 10.3 Å². The molecule has 3 nitrogen and oxygen atoms in total. The minimum absolute atomic E-state index is 0.210. The summed E-state index contributed by atoms with van der Waals surface area (Å²) in [5, 5.41) is 7.02. The molecule has 1 aromatic rings. The van der Waals surface area contributed by atoms with Crippen LogP contribution in [0.2, 0.25) is 0 Å². The van der Waals surface area contributed by atoms with Crippen LogP contribution in [0.4, 0.5) is 18.9 Å². The van der Waals surface area contributed by atoms with E-state index in [1.807, 2.05) is 0 Å². The van der Waals surface area contributed by atoms with E-state index in [1.165, 1.54) is 6.07 Å². The summed E-state index contributed by atoms with van der Waals surface area (Å²) in [5.74, 6) is 0. The molecule has 0 spiro atoms. The van der Waals surface area contributed by atoms with Gasteiger partial charge >= 0.3 is 6.18 Å². The van der Waals surface area contributed by atoms with Crippen LogP contribution in [0.1, 0.15) is 11.1 Å². The van der Waals surface area contributed by atoms with Crippen LogP contribution >= 0.6 is 11.8 Å². The van der Waals surface area contributed by atoms with Crippen molar-refractivity contribution in [2.75, 3.05) is 0 Å². The molecule has 7 heteroatoms. The van der Waals surface area contributed by atoms with Gasteiger partial charge in [0.2, 0.25) is 0 Å². The maximum atomic E-state index is 12.3. The molecular formula is C8H5ClF3N3. The fraction of sp³-hybridized carbons (Fsp3) is 0.250. The molecule has 15 heavy (non-hydrogen) atoms. The first-order valence-electron chi connectivity index (χ1n) is 4.02. The largest absolute Gasteiger partial charge is 0.416 e. The number of hydrogen-bond acceptors (Lipinski definition) is 3. The smallest absolute Gasteiger partial charge is 0.182 e. The zero-order valence-corrected chi connectivity index (χ0v) is 8.05. The number of fused-ring (bicyclic) bond motifs is 1. The lowest BCUT2D eigenvalue weighted by molar-refractivity contribution is -0.137. The van der Waals surface area contributed by atoms with Gasteiger partial charge in [-0.1, -0.05) is 11.3 Å². The lowest BCUT2D eigenvalue weighted by Crippen LogP contribution is -2.09. The Hall–Kier alpha value is -1.30. The van der Waals surface area contributed by atoms with Crippen molar-refractivity contribution in [3.8, 4) is 0 Å². The van der Waals surface area contributed by atoms with Gasteiger partial charge in [-0.2, -0.15) is 17.7 Å². The van der Waals surface area contributed by atoms with E-state index in [9.17, 15) is 13.2 Å². The van der Waals surface area contributed by atoms with Crippen LogP contribution in [0.25, 0.3) is 0 Å². The molecule has 0 aromatic heterocycles. The Morgan fingerprint density at radius 1 is 1.33 bits per heavy atom. The zero-order chi connectivity index (χ0) is 11.1. The summed E-state index contributed by atoms with van der Waals surface area (Å²) in [7, 11) is 0. The maximum absolute atomic E-state index is 12.3. The fourth-order valence-corrected chi connectivity index (χ4v) is 1.40. The minimum Gasteiger partial charge on any atom is -0.182 e. The van der Waals surface area contributed by atoms with Gasteiger partial charge < -0.3 is 0 Å². The third-order valence-electron chi connectivity index (χ3n) is 1.96. The molecule has 1 aromatic carbocycles. The van der Waals surface area contributed by atoms with Gasteiger partial charge in [0.1, 0.15) is 0 Å². The second kappa shape index (κ2) is 3.37. The number of hydrogen-bond donors (Lipinski definition) is 0. The first kappa shape index (κ1) is 10.2. The van der Waals surface area contributed by atoms with Crippen LogP contribution in [-0.4, -0.2) is 4.53 Å². The Labute approximate surface area is 88.2 Å². The average Bonchev–Trinajstić information content (AvgIpc) is 2.15. The second-order valence-corrected chi connectivity index (χ2v) is 3.42. The normalized spacial score (nSPS) is 15.3. The number of nitrogens with zero attached hydrogens (tertiary/aromatic N) is 3. The number of benzene rings is 1. The van der Waals surface area contributed by atoms with Crippen molar-refractivity contribution in [3.05, 3.63) is 29.3 Å². The number of halogens is 4. The highest BCUT2D eigenvalue weighted by Gasteiger charge is 2.31. The van der Waals surface area contributed by atoms with Crippen LogP contribution in [0.5, 0.6) is 0 Å². The Kier molecular flexibility index (Phi) is 2.30. The molecule has 0 radical (unpaired) electrons.